The van der Waals surface area contributed by atoms with Crippen LogP contribution >= 0.6 is 0 Å². The van der Waals surface area contributed by atoms with Gasteiger partial charge in [0.1, 0.15) is 5.75 Å². The molecule has 5 nitrogen and oxygen atoms in total. The SMILES string of the molecule is CCOC(=O)C(C)(Cc1ccc(-c2ccccc2)cc1)S(=O)(=O)c1ccc(OC)cc1. The Balaban J connectivity index is 1.97. The molecule has 0 amide bonds. The van der Waals surface area contributed by atoms with Crippen LogP contribution in [0, 0.1) is 0 Å². The van der Waals surface area contributed by atoms with Crippen molar-refractivity contribution in [3.8, 4) is 16.9 Å². The van der Waals surface area contributed by atoms with Crippen molar-refractivity contribution in [3.05, 3.63) is 84.4 Å². The minimum Gasteiger partial charge on any atom is -0.497 e. The normalized spacial score (nSPS) is 13.3. The molecule has 0 N–H and O–H groups in total. The first-order valence-corrected chi connectivity index (χ1v) is 11.5. The molecule has 0 aromatic heterocycles. The predicted octanol–water partition coefficient (Wildman–Crippen LogP) is 4.70. The van der Waals surface area contributed by atoms with Crippen molar-refractivity contribution in [2.75, 3.05) is 13.7 Å². The first-order valence-electron chi connectivity index (χ1n) is 10.0. The smallest absolute Gasteiger partial charge is 0.327 e. The van der Waals surface area contributed by atoms with E-state index in [9.17, 15) is 13.2 Å². The third kappa shape index (κ3) is 4.64. The summed E-state index contributed by atoms with van der Waals surface area (Å²) in [5.74, 6) is -0.230. The molecule has 3 aromatic rings. The Morgan fingerprint density at radius 3 is 2.00 bits per heavy atom. The fourth-order valence-corrected chi connectivity index (χ4v) is 5.06. The van der Waals surface area contributed by atoms with Crippen LogP contribution in [0.25, 0.3) is 11.1 Å². The van der Waals surface area contributed by atoms with Crippen LogP contribution < -0.4 is 4.74 Å². The molecule has 1 atom stereocenters. The van der Waals surface area contributed by atoms with Gasteiger partial charge in [0, 0.05) is 6.42 Å². The molecule has 0 bridgehead atoms. The van der Waals surface area contributed by atoms with Gasteiger partial charge in [0.05, 0.1) is 18.6 Å². The van der Waals surface area contributed by atoms with Crippen LogP contribution in [0.2, 0.25) is 0 Å². The Hall–Kier alpha value is -3.12. The highest BCUT2D eigenvalue weighted by Gasteiger charge is 2.48. The molecule has 0 heterocycles. The van der Waals surface area contributed by atoms with E-state index >= 15 is 0 Å². The van der Waals surface area contributed by atoms with E-state index in [4.69, 9.17) is 9.47 Å². The van der Waals surface area contributed by atoms with Crippen LogP contribution in [-0.2, 0) is 25.8 Å². The lowest BCUT2D eigenvalue weighted by Crippen LogP contribution is -2.46. The van der Waals surface area contributed by atoms with Crippen molar-refractivity contribution in [2.24, 2.45) is 0 Å². The molecule has 0 radical (unpaired) electrons. The van der Waals surface area contributed by atoms with Gasteiger partial charge in [0.15, 0.2) is 14.6 Å². The maximum absolute atomic E-state index is 13.5. The molecule has 3 rings (SSSR count). The Morgan fingerprint density at radius 2 is 1.45 bits per heavy atom. The molecule has 0 spiro atoms. The van der Waals surface area contributed by atoms with Crippen LogP contribution in [0.5, 0.6) is 5.75 Å². The molecule has 1 unspecified atom stereocenters. The minimum atomic E-state index is -4.04. The summed E-state index contributed by atoms with van der Waals surface area (Å²) >= 11 is 0. The van der Waals surface area contributed by atoms with E-state index < -0.39 is 20.6 Å². The van der Waals surface area contributed by atoms with Crippen LogP contribution in [0.1, 0.15) is 19.4 Å². The van der Waals surface area contributed by atoms with E-state index in [0.717, 1.165) is 16.7 Å². The fourth-order valence-electron chi connectivity index (χ4n) is 3.41. The molecule has 0 saturated carbocycles. The molecular formula is C25H26O5S. The maximum Gasteiger partial charge on any atom is 0.327 e. The third-order valence-electron chi connectivity index (χ3n) is 5.27. The average Bonchev–Trinajstić information content (AvgIpc) is 2.80. The molecule has 31 heavy (non-hydrogen) atoms. The van der Waals surface area contributed by atoms with Crippen molar-refractivity contribution < 1.29 is 22.7 Å². The highest BCUT2D eigenvalue weighted by molar-refractivity contribution is 7.93. The largest absolute Gasteiger partial charge is 0.497 e. The number of methoxy groups -OCH3 is 1. The number of esters is 1. The van der Waals surface area contributed by atoms with Crippen molar-refractivity contribution in [2.45, 2.75) is 29.9 Å². The Bertz CT molecular complexity index is 1120. The second-order valence-electron chi connectivity index (χ2n) is 7.37. The van der Waals surface area contributed by atoms with E-state index in [1.54, 1.807) is 19.1 Å². The van der Waals surface area contributed by atoms with E-state index in [-0.39, 0.29) is 17.9 Å². The third-order valence-corrected chi connectivity index (χ3v) is 7.66. The van der Waals surface area contributed by atoms with Gasteiger partial charge in [0.25, 0.3) is 0 Å². The molecule has 0 aliphatic heterocycles. The molecule has 0 aliphatic rings. The molecule has 0 saturated heterocycles. The highest BCUT2D eigenvalue weighted by Crippen LogP contribution is 2.32. The van der Waals surface area contributed by atoms with Crippen LogP contribution in [0.3, 0.4) is 0 Å². The topological polar surface area (TPSA) is 69.7 Å². The van der Waals surface area contributed by atoms with Gasteiger partial charge < -0.3 is 9.47 Å². The zero-order valence-corrected chi connectivity index (χ0v) is 18.7. The predicted molar refractivity (Wildman–Crippen MR) is 121 cm³/mol. The van der Waals surface area contributed by atoms with Gasteiger partial charge in [-0.1, -0.05) is 54.6 Å². The summed E-state index contributed by atoms with van der Waals surface area (Å²) in [4.78, 5) is 12.9. The standard InChI is InChI=1S/C25H26O5S/c1-4-30-24(26)25(2,31(27,28)23-16-14-22(29-3)15-17-23)18-19-10-12-21(13-11-19)20-8-6-5-7-9-20/h5-17H,4,18H2,1-3H3. The second-order valence-corrected chi connectivity index (χ2v) is 9.75. The van der Waals surface area contributed by atoms with Crippen molar-refractivity contribution in [1.82, 2.24) is 0 Å². The number of carbonyl (C=O) groups is 1. The summed E-state index contributed by atoms with van der Waals surface area (Å²) < 4.78 is 35.6. The molecule has 0 aliphatic carbocycles. The van der Waals surface area contributed by atoms with E-state index in [1.165, 1.54) is 26.2 Å². The molecular weight excluding hydrogens is 412 g/mol. The Morgan fingerprint density at radius 1 is 0.871 bits per heavy atom. The molecule has 162 valence electrons. The summed E-state index contributed by atoms with van der Waals surface area (Å²) in [5.41, 5.74) is 2.81. The summed E-state index contributed by atoms with van der Waals surface area (Å²) in [7, 11) is -2.53. The lowest BCUT2D eigenvalue weighted by molar-refractivity contribution is -0.145. The fraction of sp³-hybridized carbons (Fsp3) is 0.240. The summed E-state index contributed by atoms with van der Waals surface area (Å²) in [6.45, 7) is 3.18. The summed E-state index contributed by atoms with van der Waals surface area (Å²) in [6.07, 6.45) is -0.00470. The van der Waals surface area contributed by atoms with E-state index in [0.29, 0.717) is 5.75 Å². The molecule has 3 aromatic carbocycles. The van der Waals surface area contributed by atoms with Gasteiger partial charge in [-0.2, -0.15) is 0 Å². The molecule has 0 fully saturated rings. The van der Waals surface area contributed by atoms with Crippen molar-refractivity contribution in [3.63, 3.8) is 0 Å². The van der Waals surface area contributed by atoms with Gasteiger partial charge in [-0.15, -0.1) is 0 Å². The maximum atomic E-state index is 13.5. The lowest BCUT2D eigenvalue weighted by Gasteiger charge is -2.27. The number of sulfone groups is 1. The Kier molecular flexibility index (Phi) is 6.81. The van der Waals surface area contributed by atoms with E-state index in [2.05, 4.69) is 0 Å². The number of rotatable bonds is 8. The van der Waals surface area contributed by atoms with Gasteiger partial charge in [0.2, 0.25) is 0 Å². The second kappa shape index (κ2) is 9.35. The minimum absolute atomic E-state index is 0.00470. The van der Waals surface area contributed by atoms with Gasteiger partial charge in [-0.05, 0) is 54.8 Å². The van der Waals surface area contributed by atoms with Crippen molar-refractivity contribution in [1.29, 1.82) is 0 Å². The van der Waals surface area contributed by atoms with Crippen LogP contribution in [0.15, 0.2) is 83.8 Å². The van der Waals surface area contributed by atoms with Gasteiger partial charge in [-0.25, -0.2) is 8.42 Å². The Labute approximate surface area is 183 Å². The first-order chi connectivity index (χ1) is 14.8. The number of carbonyl (C=O) groups excluding carboxylic acids is 1. The lowest BCUT2D eigenvalue weighted by atomic mass is 9.97. The first kappa shape index (κ1) is 22.6. The monoisotopic (exact) mass is 438 g/mol. The summed E-state index contributed by atoms with van der Waals surface area (Å²) in [5, 5.41) is 0. The van der Waals surface area contributed by atoms with Crippen molar-refractivity contribution >= 4 is 15.8 Å². The van der Waals surface area contributed by atoms with Crippen LogP contribution in [0.4, 0.5) is 0 Å². The van der Waals surface area contributed by atoms with Gasteiger partial charge in [-0.3, -0.25) is 4.79 Å². The summed E-state index contributed by atoms with van der Waals surface area (Å²) in [6, 6.07) is 23.5. The number of ether oxygens (including phenoxy) is 2. The highest BCUT2D eigenvalue weighted by atomic mass is 32.2. The van der Waals surface area contributed by atoms with Gasteiger partial charge >= 0.3 is 5.97 Å². The quantitative estimate of drug-likeness (QED) is 0.477. The molecule has 6 heteroatoms. The number of hydrogen-bond donors (Lipinski definition) is 0. The number of benzene rings is 3. The van der Waals surface area contributed by atoms with E-state index in [1.807, 2.05) is 54.6 Å². The average molecular weight is 439 g/mol. The van der Waals surface area contributed by atoms with Crippen LogP contribution in [-0.4, -0.2) is 32.9 Å². The zero-order valence-electron chi connectivity index (χ0n) is 17.9. The zero-order chi connectivity index (χ0) is 22.5. The number of hydrogen-bond acceptors (Lipinski definition) is 5.